The first-order valence-corrected chi connectivity index (χ1v) is 11.1. The van der Waals surface area contributed by atoms with Crippen LogP contribution >= 0.6 is 24.0 Å². The quantitative estimate of drug-likeness (QED) is 0.318. The number of anilines is 1. The maximum absolute atomic E-state index is 4.44. The number of hydrogen-bond donors (Lipinski definition) is 2. The highest BCUT2D eigenvalue weighted by atomic mass is 127. The molecule has 2 atom stereocenters. The van der Waals surface area contributed by atoms with Crippen LogP contribution in [0.25, 0.3) is 0 Å². The molecule has 1 aliphatic heterocycles. The zero-order chi connectivity index (χ0) is 21.3. The van der Waals surface area contributed by atoms with Crippen LogP contribution in [0, 0.1) is 0 Å². The number of halogens is 1. The third-order valence-corrected chi connectivity index (χ3v) is 5.97. The van der Waals surface area contributed by atoms with E-state index in [4.69, 9.17) is 0 Å². The van der Waals surface area contributed by atoms with Gasteiger partial charge in [0, 0.05) is 58.5 Å². The Hall–Kier alpha value is -1.80. The van der Waals surface area contributed by atoms with Gasteiger partial charge < -0.3 is 15.5 Å². The monoisotopic (exact) mass is 535 g/mol. The summed E-state index contributed by atoms with van der Waals surface area (Å²) >= 11 is 0. The molecule has 2 aromatic rings. The van der Waals surface area contributed by atoms with Crippen LogP contribution in [0.1, 0.15) is 30.9 Å². The summed E-state index contributed by atoms with van der Waals surface area (Å²) in [5.74, 6) is 0.911. The molecule has 0 aromatic heterocycles. The van der Waals surface area contributed by atoms with Crippen LogP contribution < -0.4 is 15.5 Å². The van der Waals surface area contributed by atoms with E-state index in [-0.39, 0.29) is 24.0 Å². The molecule has 31 heavy (non-hydrogen) atoms. The molecule has 0 bridgehead atoms. The van der Waals surface area contributed by atoms with Crippen LogP contribution in [0.4, 0.5) is 5.69 Å². The van der Waals surface area contributed by atoms with Gasteiger partial charge in [0.2, 0.25) is 0 Å². The number of likely N-dealkylation sites (tertiary alicyclic amines) is 1. The van der Waals surface area contributed by atoms with Crippen LogP contribution in [-0.4, -0.2) is 57.2 Å². The maximum atomic E-state index is 4.44. The maximum Gasteiger partial charge on any atom is 0.191 e. The molecule has 2 aromatic carbocycles. The molecule has 1 saturated heterocycles. The van der Waals surface area contributed by atoms with Crippen molar-refractivity contribution in [3.05, 3.63) is 65.7 Å². The summed E-state index contributed by atoms with van der Waals surface area (Å²) in [4.78, 5) is 9.15. The lowest BCUT2D eigenvalue weighted by molar-refractivity contribution is 0.134. The zero-order valence-electron chi connectivity index (χ0n) is 19.3. The van der Waals surface area contributed by atoms with Gasteiger partial charge in [-0.05, 0) is 49.4 Å². The molecule has 1 aliphatic rings. The molecule has 2 unspecified atom stereocenters. The van der Waals surface area contributed by atoms with Crippen LogP contribution in [0.2, 0.25) is 0 Å². The van der Waals surface area contributed by atoms with E-state index < -0.39 is 0 Å². The van der Waals surface area contributed by atoms with Gasteiger partial charge in [-0.25, -0.2) is 0 Å². The number of piperidine rings is 1. The average molecular weight is 536 g/mol. The highest BCUT2D eigenvalue weighted by Gasteiger charge is 2.25. The van der Waals surface area contributed by atoms with Crippen molar-refractivity contribution in [2.45, 2.75) is 44.8 Å². The van der Waals surface area contributed by atoms with Gasteiger partial charge >= 0.3 is 0 Å². The number of rotatable bonds is 7. The molecule has 0 amide bonds. The van der Waals surface area contributed by atoms with Gasteiger partial charge in [-0.15, -0.1) is 24.0 Å². The highest BCUT2D eigenvalue weighted by Crippen LogP contribution is 2.20. The van der Waals surface area contributed by atoms with Gasteiger partial charge in [-0.2, -0.15) is 0 Å². The number of nitrogens with zero attached hydrogens (tertiary/aromatic N) is 3. The molecule has 1 fully saturated rings. The molecule has 3 rings (SSSR count). The molecule has 0 spiro atoms. The fourth-order valence-electron chi connectivity index (χ4n) is 4.08. The molecular weight excluding hydrogens is 497 g/mol. The Bertz CT molecular complexity index is 791. The lowest BCUT2D eigenvalue weighted by Gasteiger charge is -2.38. The van der Waals surface area contributed by atoms with Crippen molar-refractivity contribution in [3.8, 4) is 0 Å². The minimum absolute atomic E-state index is 0. The first-order chi connectivity index (χ1) is 14.5. The SMILES string of the molecule is CN=C(NCCc1ccc(N(C)C)cc1)NC1CCN(Cc2ccccc2)C(C)C1.I. The standard InChI is InChI=1S/C25H37N5.HI/c1-20-18-23(15-17-30(20)19-22-8-6-5-7-9-22)28-25(26-2)27-16-14-21-10-12-24(13-11-21)29(3)4;/h5-13,20,23H,14-19H2,1-4H3,(H2,26,27,28);1H. The van der Waals surface area contributed by atoms with E-state index in [9.17, 15) is 0 Å². The van der Waals surface area contributed by atoms with E-state index in [1.54, 1.807) is 0 Å². The lowest BCUT2D eigenvalue weighted by atomic mass is 9.97. The smallest absolute Gasteiger partial charge is 0.191 e. The molecular formula is C25H38IN5. The van der Waals surface area contributed by atoms with Gasteiger partial charge in [0.25, 0.3) is 0 Å². The Morgan fingerprint density at radius 1 is 1.06 bits per heavy atom. The highest BCUT2D eigenvalue weighted by molar-refractivity contribution is 14.0. The number of benzene rings is 2. The summed E-state index contributed by atoms with van der Waals surface area (Å²) in [6, 6.07) is 20.6. The molecule has 6 heteroatoms. The summed E-state index contributed by atoms with van der Waals surface area (Å²) < 4.78 is 0. The second-order valence-corrected chi connectivity index (χ2v) is 8.48. The third kappa shape index (κ3) is 8.00. The van der Waals surface area contributed by atoms with Crippen molar-refractivity contribution in [1.82, 2.24) is 15.5 Å². The predicted octanol–water partition coefficient (Wildman–Crippen LogP) is 4.13. The number of aliphatic imine (C=N–C) groups is 1. The molecule has 2 N–H and O–H groups in total. The van der Waals surface area contributed by atoms with E-state index in [0.29, 0.717) is 12.1 Å². The zero-order valence-corrected chi connectivity index (χ0v) is 21.7. The van der Waals surface area contributed by atoms with Gasteiger partial charge in [0.05, 0.1) is 0 Å². The third-order valence-electron chi connectivity index (χ3n) is 5.97. The number of guanidine groups is 1. The second-order valence-electron chi connectivity index (χ2n) is 8.48. The Morgan fingerprint density at radius 3 is 2.39 bits per heavy atom. The predicted molar refractivity (Wildman–Crippen MR) is 144 cm³/mol. The van der Waals surface area contributed by atoms with E-state index in [1.165, 1.54) is 16.8 Å². The summed E-state index contributed by atoms with van der Waals surface area (Å²) in [5, 5.41) is 7.12. The van der Waals surface area contributed by atoms with Crippen molar-refractivity contribution < 1.29 is 0 Å². The molecule has 5 nitrogen and oxygen atoms in total. The van der Waals surface area contributed by atoms with E-state index in [2.05, 4.69) is 101 Å². The van der Waals surface area contributed by atoms with Crippen molar-refractivity contribution in [3.63, 3.8) is 0 Å². The van der Waals surface area contributed by atoms with Crippen LogP contribution in [0.15, 0.2) is 59.6 Å². The van der Waals surface area contributed by atoms with Crippen molar-refractivity contribution >= 4 is 35.6 Å². The van der Waals surface area contributed by atoms with Crippen LogP contribution in [-0.2, 0) is 13.0 Å². The van der Waals surface area contributed by atoms with Gasteiger partial charge in [-0.1, -0.05) is 42.5 Å². The van der Waals surface area contributed by atoms with Crippen LogP contribution in [0.5, 0.6) is 0 Å². The van der Waals surface area contributed by atoms with Gasteiger partial charge in [-0.3, -0.25) is 9.89 Å². The van der Waals surface area contributed by atoms with Crippen molar-refractivity contribution in [2.75, 3.05) is 39.1 Å². The minimum Gasteiger partial charge on any atom is -0.378 e. The Morgan fingerprint density at radius 2 is 1.77 bits per heavy atom. The molecule has 1 heterocycles. The normalized spacial score (nSPS) is 19.4. The molecule has 170 valence electrons. The molecule has 0 aliphatic carbocycles. The number of nitrogens with one attached hydrogen (secondary N) is 2. The van der Waals surface area contributed by atoms with Crippen molar-refractivity contribution in [1.29, 1.82) is 0 Å². The van der Waals surface area contributed by atoms with E-state index in [1.807, 2.05) is 7.05 Å². The fourth-order valence-corrected chi connectivity index (χ4v) is 4.08. The summed E-state index contributed by atoms with van der Waals surface area (Å²) in [5.41, 5.74) is 3.97. The minimum atomic E-state index is 0. The summed E-state index contributed by atoms with van der Waals surface area (Å²) in [7, 11) is 5.99. The second kappa shape index (κ2) is 12.9. The number of hydrogen-bond acceptors (Lipinski definition) is 3. The van der Waals surface area contributed by atoms with E-state index in [0.717, 1.165) is 44.9 Å². The van der Waals surface area contributed by atoms with Gasteiger partial charge in [0.15, 0.2) is 5.96 Å². The Kier molecular flexibility index (Phi) is 10.6. The van der Waals surface area contributed by atoms with Crippen molar-refractivity contribution in [2.24, 2.45) is 4.99 Å². The van der Waals surface area contributed by atoms with Crippen LogP contribution in [0.3, 0.4) is 0 Å². The van der Waals surface area contributed by atoms with Gasteiger partial charge in [0.1, 0.15) is 0 Å². The molecule has 0 saturated carbocycles. The Labute approximate surface area is 205 Å². The average Bonchev–Trinajstić information content (AvgIpc) is 2.76. The summed E-state index contributed by atoms with van der Waals surface area (Å²) in [6.45, 7) is 5.37. The fraction of sp³-hybridized carbons (Fsp3) is 0.480. The first-order valence-electron chi connectivity index (χ1n) is 11.1. The molecule has 0 radical (unpaired) electrons. The summed E-state index contributed by atoms with van der Waals surface area (Å²) in [6.07, 6.45) is 3.27. The first kappa shape index (κ1) is 25.5. The Balaban J connectivity index is 0.00000341. The van der Waals surface area contributed by atoms with E-state index >= 15 is 0 Å². The largest absolute Gasteiger partial charge is 0.378 e. The lowest BCUT2D eigenvalue weighted by Crippen LogP contribution is -2.51. The topological polar surface area (TPSA) is 42.9 Å².